The van der Waals surface area contributed by atoms with Crippen LogP contribution in [0.3, 0.4) is 0 Å². The van der Waals surface area contributed by atoms with E-state index in [1.807, 2.05) is 72.0 Å². The molecule has 0 amide bonds. The summed E-state index contributed by atoms with van der Waals surface area (Å²) in [5.74, 6) is 1.89. The maximum absolute atomic E-state index is 6.67. The van der Waals surface area contributed by atoms with Crippen LogP contribution in [0.1, 0.15) is 0 Å². The van der Waals surface area contributed by atoms with Gasteiger partial charge in [-0.1, -0.05) is 127 Å². The van der Waals surface area contributed by atoms with Crippen molar-refractivity contribution in [2.75, 3.05) is 4.90 Å². The summed E-state index contributed by atoms with van der Waals surface area (Å²) < 4.78 is 9.21. The van der Waals surface area contributed by atoms with Crippen molar-refractivity contribution in [2.45, 2.75) is 0 Å². The van der Waals surface area contributed by atoms with Crippen molar-refractivity contribution in [3.8, 4) is 34.2 Å². The van der Waals surface area contributed by atoms with Crippen molar-refractivity contribution in [1.29, 1.82) is 0 Å². The van der Waals surface area contributed by atoms with E-state index in [2.05, 4.69) is 150 Å². The number of benzene rings is 10. The molecule has 0 aliphatic rings. The molecule has 13 rings (SSSR count). The minimum absolute atomic E-state index is 0.616. The van der Waals surface area contributed by atoms with Gasteiger partial charge in [-0.05, 0) is 111 Å². The Bertz CT molecular complexity index is 3860. The number of thiophene rings is 1. The van der Waals surface area contributed by atoms with Crippen LogP contribution < -0.4 is 4.90 Å². The lowest BCUT2D eigenvalue weighted by Gasteiger charge is -2.26. The number of hydrogen-bond acceptors (Lipinski definition) is 6. The molecule has 63 heavy (non-hydrogen) atoms. The Hall–Kier alpha value is -8.19. The second kappa shape index (κ2) is 14.2. The molecular weight excluding hydrogens is 789 g/mol. The highest BCUT2D eigenvalue weighted by atomic mass is 32.1. The Balaban J connectivity index is 0.990. The van der Waals surface area contributed by atoms with E-state index in [0.29, 0.717) is 17.5 Å². The van der Waals surface area contributed by atoms with Crippen LogP contribution in [0.4, 0.5) is 17.1 Å². The molecule has 0 atom stereocenters. The van der Waals surface area contributed by atoms with E-state index < -0.39 is 0 Å². The number of furan rings is 1. The van der Waals surface area contributed by atoms with Gasteiger partial charge in [0.25, 0.3) is 0 Å². The second-order valence-electron chi connectivity index (χ2n) is 16.0. The smallest absolute Gasteiger partial charge is 0.164 e. The SMILES string of the molecule is c1ccc(-c2nc(-c3ccccc3)nc(-c3ccc(N(c4ccc5oc6cc7c8ccccc8c8ccccc8c7cc6c5c4)c4ccc5sc6ccccc6c5c4)cc3)n2)cc1. The third-order valence-corrected chi connectivity index (χ3v) is 13.4. The summed E-state index contributed by atoms with van der Waals surface area (Å²) in [6.07, 6.45) is 0. The van der Waals surface area contributed by atoms with Crippen molar-refractivity contribution in [1.82, 2.24) is 15.0 Å². The van der Waals surface area contributed by atoms with E-state index in [9.17, 15) is 0 Å². The molecule has 0 saturated heterocycles. The highest BCUT2D eigenvalue weighted by Crippen LogP contribution is 2.44. The van der Waals surface area contributed by atoms with Crippen LogP contribution >= 0.6 is 11.3 Å². The lowest BCUT2D eigenvalue weighted by Crippen LogP contribution is -2.10. The minimum Gasteiger partial charge on any atom is -0.456 e. The molecule has 0 N–H and O–H groups in total. The molecule has 0 saturated carbocycles. The van der Waals surface area contributed by atoms with Crippen molar-refractivity contribution >= 4 is 103 Å². The van der Waals surface area contributed by atoms with Crippen LogP contribution in [0.2, 0.25) is 0 Å². The molecule has 0 unspecified atom stereocenters. The summed E-state index contributed by atoms with van der Waals surface area (Å²) in [4.78, 5) is 17.3. The quantitative estimate of drug-likeness (QED) is 0.156. The van der Waals surface area contributed by atoms with E-state index >= 15 is 0 Å². The molecular formula is C57H34N4OS. The lowest BCUT2D eigenvalue weighted by molar-refractivity contribution is 0.669. The number of fused-ring (bicyclic) bond motifs is 12. The molecule has 0 aliphatic heterocycles. The molecule has 0 spiro atoms. The van der Waals surface area contributed by atoms with E-state index in [1.54, 1.807) is 0 Å². The highest BCUT2D eigenvalue weighted by Gasteiger charge is 2.20. The first-order valence-electron chi connectivity index (χ1n) is 21.1. The molecule has 0 aliphatic carbocycles. The maximum Gasteiger partial charge on any atom is 0.164 e. The minimum atomic E-state index is 0.616. The predicted octanol–water partition coefficient (Wildman–Crippen LogP) is 16.1. The summed E-state index contributed by atoms with van der Waals surface area (Å²) in [7, 11) is 0. The largest absolute Gasteiger partial charge is 0.456 e. The first kappa shape index (κ1) is 35.6. The second-order valence-corrected chi connectivity index (χ2v) is 17.1. The van der Waals surface area contributed by atoms with E-state index in [4.69, 9.17) is 19.4 Å². The summed E-state index contributed by atoms with van der Waals surface area (Å²) in [5.41, 5.74) is 7.60. The van der Waals surface area contributed by atoms with Gasteiger partial charge in [-0.3, -0.25) is 0 Å². The van der Waals surface area contributed by atoms with Crippen molar-refractivity contribution in [3.05, 3.63) is 206 Å². The average Bonchev–Trinajstić information content (AvgIpc) is 3.91. The van der Waals surface area contributed by atoms with E-state index in [-0.39, 0.29) is 0 Å². The molecule has 0 bridgehead atoms. The molecule has 294 valence electrons. The number of aromatic nitrogens is 3. The van der Waals surface area contributed by atoms with Gasteiger partial charge in [-0.2, -0.15) is 0 Å². The van der Waals surface area contributed by atoms with Crippen LogP contribution in [0.25, 0.3) is 109 Å². The Labute approximate surface area is 365 Å². The summed E-state index contributed by atoms with van der Waals surface area (Å²) in [6, 6.07) is 72.8. The fourth-order valence-corrected chi connectivity index (χ4v) is 10.4. The summed E-state index contributed by atoms with van der Waals surface area (Å²) in [6.45, 7) is 0. The van der Waals surface area contributed by atoms with Crippen LogP contribution in [-0.4, -0.2) is 15.0 Å². The number of nitrogens with zero attached hydrogens (tertiary/aromatic N) is 4. The van der Waals surface area contributed by atoms with Crippen LogP contribution in [0, 0.1) is 0 Å². The monoisotopic (exact) mass is 822 g/mol. The van der Waals surface area contributed by atoms with E-state index in [0.717, 1.165) is 55.7 Å². The van der Waals surface area contributed by atoms with Gasteiger partial charge in [-0.25, -0.2) is 15.0 Å². The summed E-state index contributed by atoms with van der Waals surface area (Å²) in [5, 5.41) is 12.0. The molecule has 3 aromatic heterocycles. The fourth-order valence-electron chi connectivity index (χ4n) is 9.30. The number of anilines is 3. The van der Waals surface area contributed by atoms with Crippen LogP contribution in [-0.2, 0) is 0 Å². The predicted molar refractivity (Wildman–Crippen MR) is 264 cm³/mol. The average molecular weight is 823 g/mol. The fraction of sp³-hybridized carbons (Fsp3) is 0. The zero-order valence-electron chi connectivity index (χ0n) is 33.7. The van der Waals surface area contributed by atoms with E-state index in [1.165, 1.54) is 52.5 Å². The van der Waals surface area contributed by atoms with Gasteiger partial charge in [0, 0.05) is 64.7 Å². The Morgan fingerprint density at radius 3 is 1.37 bits per heavy atom. The highest BCUT2D eigenvalue weighted by molar-refractivity contribution is 7.25. The molecule has 6 heteroatoms. The Morgan fingerprint density at radius 1 is 0.302 bits per heavy atom. The van der Waals surface area contributed by atoms with Gasteiger partial charge in [-0.15, -0.1) is 11.3 Å². The standard InChI is InChI=1S/C57H34N4OS/c1-3-13-35(14-4-1)55-58-56(36-15-5-2-6-16-36)60-57(59-55)37-23-25-38(26-24-37)61(40-28-30-54-50(32-40)45-21-11-12-22-53(45)63-54)39-27-29-51-48(31-39)49-33-46-43-19-9-7-17-41(43)42-18-8-10-20-44(42)47(46)34-52(49)62-51/h1-34H. The zero-order chi connectivity index (χ0) is 41.4. The lowest BCUT2D eigenvalue weighted by atomic mass is 9.93. The normalized spacial score (nSPS) is 11.8. The topological polar surface area (TPSA) is 55.1 Å². The van der Waals surface area contributed by atoms with Gasteiger partial charge < -0.3 is 9.32 Å². The first-order chi connectivity index (χ1) is 31.2. The van der Waals surface area contributed by atoms with Gasteiger partial charge in [0.05, 0.1) is 0 Å². The Kier molecular flexibility index (Phi) is 8.01. The van der Waals surface area contributed by atoms with Crippen LogP contribution in [0.5, 0.6) is 0 Å². The third kappa shape index (κ3) is 5.87. The first-order valence-corrected chi connectivity index (χ1v) is 21.9. The number of rotatable bonds is 6. The van der Waals surface area contributed by atoms with Crippen molar-refractivity contribution in [2.24, 2.45) is 0 Å². The zero-order valence-corrected chi connectivity index (χ0v) is 34.6. The molecule has 3 heterocycles. The molecule has 10 aromatic carbocycles. The van der Waals surface area contributed by atoms with Gasteiger partial charge >= 0.3 is 0 Å². The van der Waals surface area contributed by atoms with Crippen molar-refractivity contribution < 1.29 is 4.42 Å². The van der Waals surface area contributed by atoms with Gasteiger partial charge in [0.1, 0.15) is 11.2 Å². The number of hydrogen-bond donors (Lipinski definition) is 0. The molecule has 0 fully saturated rings. The van der Waals surface area contributed by atoms with Gasteiger partial charge in [0.2, 0.25) is 0 Å². The third-order valence-electron chi connectivity index (χ3n) is 12.3. The maximum atomic E-state index is 6.67. The van der Waals surface area contributed by atoms with Gasteiger partial charge in [0.15, 0.2) is 17.5 Å². The molecule has 13 aromatic rings. The van der Waals surface area contributed by atoms with Crippen molar-refractivity contribution in [3.63, 3.8) is 0 Å². The Morgan fingerprint density at radius 2 is 0.746 bits per heavy atom. The molecule has 5 nitrogen and oxygen atoms in total. The van der Waals surface area contributed by atoms with Crippen LogP contribution in [0.15, 0.2) is 211 Å². The molecule has 0 radical (unpaired) electrons. The summed E-state index contributed by atoms with van der Waals surface area (Å²) >= 11 is 1.83.